The predicted octanol–water partition coefficient (Wildman–Crippen LogP) is 4.31. The van der Waals surface area contributed by atoms with Crippen LogP contribution in [0.1, 0.15) is 61.7 Å². The molecule has 2 aromatic heterocycles. The second-order valence-electron chi connectivity index (χ2n) is 10.3. The number of hydrogen-bond acceptors (Lipinski definition) is 7. The maximum Gasteiger partial charge on any atom is 0.410 e. The normalized spacial score (nSPS) is 16.1. The van der Waals surface area contributed by atoms with Crippen molar-refractivity contribution in [1.29, 1.82) is 0 Å². The van der Waals surface area contributed by atoms with Crippen molar-refractivity contribution >= 4 is 39.3 Å². The quantitative estimate of drug-likeness (QED) is 0.426. The Morgan fingerprint density at radius 1 is 1.31 bits per heavy atom. The van der Waals surface area contributed by atoms with Crippen molar-refractivity contribution < 1.29 is 24.2 Å². The van der Waals surface area contributed by atoms with Gasteiger partial charge in [-0.3, -0.25) is 9.20 Å². The predicted molar refractivity (Wildman–Crippen MR) is 139 cm³/mol. The monoisotopic (exact) mass is 516 g/mol. The molecular weight excluding hydrogens is 480 g/mol. The molecule has 4 rings (SSSR count). The molecule has 3 aromatic rings. The van der Waals surface area contributed by atoms with E-state index in [1.807, 2.05) is 49.6 Å². The summed E-state index contributed by atoms with van der Waals surface area (Å²) in [6.45, 7) is 7.91. The molecule has 1 N–H and O–H groups in total. The van der Waals surface area contributed by atoms with Crippen LogP contribution in [0.4, 0.5) is 4.79 Å². The molecule has 0 spiro atoms. The van der Waals surface area contributed by atoms with E-state index in [-0.39, 0.29) is 24.7 Å². The minimum Gasteiger partial charge on any atom is -0.444 e. The Kier molecular flexibility index (Phi) is 8.17. The Bertz CT molecular complexity index is 1210. The standard InChI is InChI=1S/C26H36N4O5S/c1-26(2,3)35-25(33)29(16-19-8-7-13-34-19)15-18-9-10-20-21(14-18)30-17-22(36-24(30)27-20)23(32)28(4)11-5-6-12-31/h9-10,14,17,19,31H,5-8,11-13,15-16H2,1-4H3/t19-/m1/s1. The van der Waals surface area contributed by atoms with Gasteiger partial charge in [-0.15, -0.1) is 0 Å². The van der Waals surface area contributed by atoms with Crippen LogP contribution in [-0.2, 0) is 16.0 Å². The number of aliphatic hydroxyl groups is 1. The number of carbonyl (C=O) groups excluding carboxylic acids is 2. The van der Waals surface area contributed by atoms with E-state index in [0.29, 0.717) is 30.9 Å². The zero-order valence-electron chi connectivity index (χ0n) is 21.5. The molecule has 36 heavy (non-hydrogen) atoms. The van der Waals surface area contributed by atoms with Crippen LogP contribution in [-0.4, -0.2) is 81.3 Å². The minimum atomic E-state index is -0.585. The molecular formula is C26H36N4O5S. The molecule has 9 nitrogen and oxygen atoms in total. The molecule has 10 heteroatoms. The van der Waals surface area contributed by atoms with E-state index in [1.165, 1.54) is 11.3 Å². The van der Waals surface area contributed by atoms with Crippen LogP contribution < -0.4 is 0 Å². The molecule has 1 saturated heterocycles. The Labute approximate surface area is 215 Å². The van der Waals surface area contributed by atoms with Crippen molar-refractivity contribution in [3.05, 3.63) is 34.8 Å². The first-order chi connectivity index (χ1) is 17.1. The number of fused-ring (bicyclic) bond motifs is 3. The molecule has 0 saturated carbocycles. The lowest BCUT2D eigenvalue weighted by molar-refractivity contribution is 0.00860. The van der Waals surface area contributed by atoms with Gasteiger partial charge in [-0.2, -0.15) is 0 Å². The van der Waals surface area contributed by atoms with E-state index in [1.54, 1.807) is 16.8 Å². The number of ether oxygens (including phenoxy) is 2. The van der Waals surface area contributed by atoms with Gasteiger partial charge in [0.15, 0.2) is 4.96 Å². The van der Waals surface area contributed by atoms with Gasteiger partial charge in [-0.05, 0) is 64.2 Å². The average molecular weight is 517 g/mol. The molecule has 1 aliphatic heterocycles. The molecule has 2 amide bonds. The van der Waals surface area contributed by atoms with E-state index in [0.717, 1.165) is 47.4 Å². The molecule has 1 atom stereocenters. The molecule has 0 radical (unpaired) electrons. The maximum absolute atomic E-state index is 13.0. The number of benzene rings is 1. The third-order valence-corrected chi connectivity index (χ3v) is 7.07. The number of nitrogens with zero attached hydrogens (tertiary/aromatic N) is 4. The number of carbonyl (C=O) groups is 2. The molecule has 0 aliphatic carbocycles. The van der Waals surface area contributed by atoms with Gasteiger partial charge in [0.25, 0.3) is 5.91 Å². The molecule has 1 aromatic carbocycles. The second-order valence-corrected chi connectivity index (χ2v) is 11.3. The van der Waals surface area contributed by atoms with E-state index >= 15 is 0 Å². The fraction of sp³-hybridized carbons (Fsp3) is 0.577. The van der Waals surface area contributed by atoms with Crippen molar-refractivity contribution in [3.63, 3.8) is 0 Å². The summed E-state index contributed by atoms with van der Waals surface area (Å²) in [6.07, 6.45) is 4.86. The zero-order valence-corrected chi connectivity index (χ0v) is 22.3. The van der Waals surface area contributed by atoms with Gasteiger partial charge in [0.1, 0.15) is 10.5 Å². The SMILES string of the molecule is CN(CCCCO)C(=O)c1cn2c(nc3ccc(CN(C[C@H]4CCCO4)C(=O)OC(C)(C)C)cc32)s1. The molecule has 0 bridgehead atoms. The first-order valence-corrected chi connectivity index (χ1v) is 13.3. The number of unbranched alkanes of at least 4 members (excludes halogenated alkanes) is 1. The van der Waals surface area contributed by atoms with Crippen LogP contribution in [0.2, 0.25) is 0 Å². The smallest absolute Gasteiger partial charge is 0.410 e. The molecule has 3 heterocycles. The number of amides is 2. The molecule has 0 unspecified atom stereocenters. The molecule has 1 fully saturated rings. The Balaban J connectivity index is 1.56. The highest BCUT2D eigenvalue weighted by Gasteiger charge is 2.27. The minimum absolute atomic E-state index is 0.0164. The average Bonchev–Trinajstić information content (AvgIpc) is 3.54. The maximum atomic E-state index is 13.0. The topological polar surface area (TPSA) is 96.6 Å². The van der Waals surface area contributed by atoms with Crippen molar-refractivity contribution in [3.8, 4) is 0 Å². The first-order valence-electron chi connectivity index (χ1n) is 12.5. The van der Waals surface area contributed by atoms with E-state index in [9.17, 15) is 9.59 Å². The number of aliphatic hydroxyl groups excluding tert-OH is 1. The van der Waals surface area contributed by atoms with Crippen molar-refractivity contribution in [2.45, 2.75) is 64.7 Å². The summed E-state index contributed by atoms with van der Waals surface area (Å²) in [7, 11) is 1.78. The summed E-state index contributed by atoms with van der Waals surface area (Å²) < 4.78 is 13.4. The van der Waals surface area contributed by atoms with Crippen LogP contribution in [0.25, 0.3) is 16.0 Å². The third-order valence-electron chi connectivity index (χ3n) is 6.10. The first kappa shape index (κ1) is 26.4. The highest BCUT2D eigenvalue weighted by atomic mass is 32.1. The summed E-state index contributed by atoms with van der Waals surface area (Å²) in [4.78, 5) is 35.3. The summed E-state index contributed by atoms with van der Waals surface area (Å²) in [5, 5.41) is 8.98. The van der Waals surface area contributed by atoms with E-state index in [2.05, 4.69) is 0 Å². The highest BCUT2D eigenvalue weighted by molar-refractivity contribution is 7.18. The van der Waals surface area contributed by atoms with Gasteiger partial charge in [0.2, 0.25) is 0 Å². The van der Waals surface area contributed by atoms with Crippen LogP contribution in [0, 0.1) is 0 Å². The number of imidazole rings is 1. The van der Waals surface area contributed by atoms with Crippen LogP contribution in [0.15, 0.2) is 24.4 Å². The summed E-state index contributed by atoms with van der Waals surface area (Å²) in [6, 6.07) is 5.95. The van der Waals surface area contributed by atoms with E-state index in [4.69, 9.17) is 19.6 Å². The van der Waals surface area contributed by atoms with Gasteiger partial charge >= 0.3 is 6.09 Å². The fourth-order valence-corrected chi connectivity index (χ4v) is 5.28. The fourth-order valence-electron chi connectivity index (χ4n) is 4.29. The van der Waals surface area contributed by atoms with Gasteiger partial charge in [0, 0.05) is 39.5 Å². The lowest BCUT2D eigenvalue weighted by atomic mass is 10.1. The lowest BCUT2D eigenvalue weighted by Gasteiger charge is -2.29. The number of hydrogen-bond donors (Lipinski definition) is 1. The Morgan fingerprint density at radius 3 is 2.81 bits per heavy atom. The van der Waals surface area contributed by atoms with Crippen molar-refractivity contribution in [2.24, 2.45) is 0 Å². The summed E-state index contributed by atoms with van der Waals surface area (Å²) in [5.41, 5.74) is 2.09. The highest BCUT2D eigenvalue weighted by Crippen LogP contribution is 2.26. The zero-order chi connectivity index (χ0) is 25.9. The summed E-state index contributed by atoms with van der Waals surface area (Å²) in [5.74, 6) is -0.0552. The van der Waals surface area contributed by atoms with Gasteiger partial charge in [0.05, 0.1) is 23.7 Å². The van der Waals surface area contributed by atoms with Crippen LogP contribution in [0.3, 0.4) is 0 Å². The third kappa shape index (κ3) is 6.35. The number of aromatic nitrogens is 2. The van der Waals surface area contributed by atoms with Crippen molar-refractivity contribution in [1.82, 2.24) is 19.2 Å². The summed E-state index contributed by atoms with van der Waals surface area (Å²) >= 11 is 1.36. The van der Waals surface area contributed by atoms with Gasteiger partial charge in [-0.25, -0.2) is 9.78 Å². The Morgan fingerprint density at radius 2 is 2.11 bits per heavy atom. The molecule has 196 valence electrons. The second kappa shape index (κ2) is 11.1. The Hall–Kier alpha value is -2.69. The van der Waals surface area contributed by atoms with Crippen LogP contribution >= 0.6 is 11.3 Å². The van der Waals surface area contributed by atoms with Gasteiger partial charge < -0.3 is 24.4 Å². The lowest BCUT2D eigenvalue weighted by Crippen LogP contribution is -2.40. The van der Waals surface area contributed by atoms with Gasteiger partial charge in [-0.1, -0.05) is 17.4 Å². The number of rotatable bonds is 9. The number of thiazole rings is 1. The molecule has 1 aliphatic rings. The van der Waals surface area contributed by atoms with Crippen molar-refractivity contribution in [2.75, 3.05) is 33.4 Å². The van der Waals surface area contributed by atoms with Crippen LogP contribution in [0.5, 0.6) is 0 Å². The van der Waals surface area contributed by atoms with E-state index < -0.39 is 5.60 Å². The largest absolute Gasteiger partial charge is 0.444 e.